The minimum atomic E-state index is -2.71. The number of aromatic nitrogens is 6. The standard InChI is InChI=1S/C57H40N4Si.C45H30N4S/c1-5-17-41(18-6-1)55-58-56-46-23-13-19-42(37-46)44-21-15-25-49(39-44)61(50-26-16-22-45(40-50)43-20-14-24-47(38-43)57(59-55)60-56)48-33-35-54(36-34-48)62(51-27-7-2-8-28-51,52-29-9-3-10-30-52)53-31-11-4-12-32-53;1-3-11-31(12-4-1)43-46-44-36-17-7-13-32(27-36)34-15-9-19-39(29-34)49(38-23-25-42(26-24-38)50-41-21-5-2-6-22-41)40-20-10-16-35(30-40)33-14-8-18-37(28-33)45(47-43)48-44/h1-40H;1-30H. The summed E-state index contributed by atoms with van der Waals surface area (Å²) in [5, 5.41) is 5.37. The molecule has 2 aromatic heterocycles. The summed E-state index contributed by atoms with van der Waals surface area (Å²) in [6, 6.07) is 151. The fraction of sp³-hybridized carbons (Fsp3) is 0. The van der Waals surface area contributed by atoms with Gasteiger partial charge in [-0.25, -0.2) is 29.9 Å². The lowest BCUT2D eigenvalue weighted by molar-refractivity contribution is 1.07. The highest BCUT2D eigenvalue weighted by molar-refractivity contribution is 7.99. The zero-order chi connectivity index (χ0) is 74.6. The van der Waals surface area contributed by atoms with Crippen molar-refractivity contribution in [2.24, 2.45) is 0 Å². The number of nitrogens with zero attached hydrogens (tertiary/aromatic N) is 8. The van der Waals surface area contributed by atoms with Crippen molar-refractivity contribution in [1.82, 2.24) is 29.9 Å². The van der Waals surface area contributed by atoms with E-state index in [-0.39, 0.29) is 0 Å². The number of fused-ring (bicyclic) bond motifs is 28. The van der Waals surface area contributed by atoms with E-state index in [4.69, 9.17) is 29.9 Å². The summed E-state index contributed by atoms with van der Waals surface area (Å²) in [5.41, 5.74) is 20.8. The van der Waals surface area contributed by atoms with Crippen molar-refractivity contribution in [2.75, 3.05) is 9.80 Å². The van der Waals surface area contributed by atoms with Gasteiger partial charge in [-0.1, -0.05) is 315 Å². The lowest BCUT2D eigenvalue weighted by atomic mass is 9.99. The maximum atomic E-state index is 5.10. The van der Waals surface area contributed by atoms with Gasteiger partial charge in [0.25, 0.3) is 0 Å². The number of benzene rings is 16. The number of rotatable bonds is 10. The monoisotopic (exact) mass is 1470 g/mol. The van der Waals surface area contributed by atoms with Gasteiger partial charge in [0.15, 0.2) is 43.0 Å². The van der Waals surface area contributed by atoms with E-state index < -0.39 is 8.07 Å². The van der Waals surface area contributed by atoms with Crippen LogP contribution in [-0.4, -0.2) is 38.0 Å². The van der Waals surface area contributed by atoms with Gasteiger partial charge in [-0.3, -0.25) is 0 Å². The Morgan fingerprint density at radius 2 is 0.375 bits per heavy atom. The highest BCUT2D eigenvalue weighted by atomic mass is 32.2. The smallest absolute Gasteiger partial charge is 0.179 e. The lowest BCUT2D eigenvalue weighted by Crippen LogP contribution is -2.74. The van der Waals surface area contributed by atoms with E-state index in [1.165, 1.54) is 30.5 Å². The second kappa shape index (κ2) is 30.4. The van der Waals surface area contributed by atoms with Crippen molar-refractivity contribution in [3.05, 3.63) is 425 Å². The quantitative estimate of drug-likeness (QED) is 0.0982. The van der Waals surface area contributed by atoms with Gasteiger partial charge in [0.1, 0.15) is 0 Å². The highest BCUT2D eigenvalue weighted by Gasteiger charge is 2.41. The molecule has 0 atom stereocenters. The van der Waals surface area contributed by atoms with Gasteiger partial charge in [-0.15, -0.1) is 0 Å². The lowest BCUT2D eigenvalue weighted by Gasteiger charge is -2.35. The van der Waals surface area contributed by atoms with Crippen LogP contribution >= 0.6 is 11.8 Å². The molecule has 16 aromatic carbocycles. The molecule has 0 fully saturated rings. The van der Waals surface area contributed by atoms with Gasteiger partial charge in [-0.2, -0.15) is 0 Å². The Bertz CT molecular complexity index is 6100. The molecule has 2 aliphatic heterocycles. The summed E-state index contributed by atoms with van der Waals surface area (Å²) in [7, 11) is -2.71. The van der Waals surface area contributed by atoms with Crippen LogP contribution in [0.2, 0.25) is 0 Å². The Labute approximate surface area is 657 Å². The molecule has 10 heteroatoms. The van der Waals surface area contributed by atoms with E-state index in [0.29, 0.717) is 34.9 Å². The van der Waals surface area contributed by atoms with Crippen molar-refractivity contribution < 1.29 is 0 Å². The zero-order valence-electron chi connectivity index (χ0n) is 60.9. The summed E-state index contributed by atoms with van der Waals surface area (Å²) >= 11 is 1.77. The topological polar surface area (TPSA) is 83.8 Å². The molecule has 528 valence electrons. The second-order valence-corrected chi connectivity index (χ2v) is 32.8. The number of anilines is 6. The minimum absolute atomic E-state index is 0.634. The molecular weight excluding hydrogens is 1400 g/mol. The molecule has 18 aromatic rings. The van der Waals surface area contributed by atoms with Gasteiger partial charge < -0.3 is 9.80 Å². The third kappa shape index (κ3) is 13.8. The second-order valence-electron chi connectivity index (χ2n) is 27.8. The maximum Gasteiger partial charge on any atom is 0.179 e. The summed E-state index contributed by atoms with van der Waals surface area (Å²) in [6.07, 6.45) is 0. The van der Waals surface area contributed by atoms with E-state index in [1.807, 2.05) is 60.7 Å². The van der Waals surface area contributed by atoms with Crippen LogP contribution in [0.25, 0.3) is 113 Å². The molecule has 0 radical (unpaired) electrons. The summed E-state index contributed by atoms with van der Waals surface area (Å²) < 4.78 is 0. The first-order valence-corrected chi connectivity index (χ1v) is 40.4. The molecule has 0 unspecified atom stereocenters. The fourth-order valence-corrected chi connectivity index (χ4v) is 21.0. The molecule has 4 heterocycles. The Hall–Kier alpha value is -14.3. The normalized spacial score (nSPS) is 11.8. The molecule has 2 aliphatic rings. The molecule has 20 rings (SSSR count). The molecule has 0 N–H and O–H groups in total. The predicted octanol–water partition coefficient (Wildman–Crippen LogP) is 23.5. The molecule has 20 bridgehead atoms. The van der Waals surface area contributed by atoms with Crippen molar-refractivity contribution in [3.63, 3.8) is 0 Å². The SMILES string of the molecule is c1ccc(-c2nc3nc(n2)-c2cccc(c2)-c2cccc(c2)N(c2ccc([Si](c4ccccc4)(c4ccccc4)c4ccccc4)cc2)c2cccc(c2)-c2cccc-3c2)cc1.c1ccc(Sc2ccc(N3c4cccc(c4)-c4cccc(c4)-c4nc(-c5ccccc5)nc(n4)-c4cccc(c4)-c4cccc3c4)cc2)cc1. The molecule has 0 spiro atoms. The Kier molecular flexibility index (Phi) is 18.5. The Morgan fingerprint density at radius 1 is 0.161 bits per heavy atom. The average Bonchev–Trinajstić information content (AvgIpc) is 0.733. The Balaban J connectivity index is 0.000000154. The molecule has 8 nitrogen and oxygen atoms in total. The molecule has 0 amide bonds. The van der Waals surface area contributed by atoms with E-state index in [2.05, 4.69) is 374 Å². The first-order valence-electron chi connectivity index (χ1n) is 37.6. The molecule has 0 saturated heterocycles. The van der Waals surface area contributed by atoms with Crippen LogP contribution in [0.1, 0.15) is 0 Å². The number of hydrogen-bond acceptors (Lipinski definition) is 9. The van der Waals surface area contributed by atoms with Gasteiger partial charge >= 0.3 is 0 Å². The van der Waals surface area contributed by atoms with Crippen molar-refractivity contribution in [1.29, 1.82) is 0 Å². The molecule has 0 aliphatic carbocycles. The van der Waals surface area contributed by atoms with E-state index in [1.54, 1.807) is 11.8 Å². The summed E-state index contributed by atoms with van der Waals surface area (Å²) in [5.74, 6) is 3.84. The van der Waals surface area contributed by atoms with E-state index >= 15 is 0 Å². The zero-order valence-corrected chi connectivity index (χ0v) is 62.7. The van der Waals surface area contributed by atoms with Gasteiger partial charge in [0.2, 0.25) is 0 Å². The largest absolute Gasteiger partial charge is 0.310 e. The summed E-state index contributed by atoms with van der Waals surface area (Å²) in [4.78, 5) is 37.4. The van der Waals surface area contributed by atoms with Crippen LogP contribution in [0.5, 0.6) is 0 Å². The third-order valence-corrected chi connectivity index (χ3v) is 26.6. The van der Waals surface area contributed by atoms with Crippen LogP contribution in [0.4, 0.5) is 34.1 Å². The van der Waals surface area contributed by atoms with E-state index in [0.717, 1.165) is 112 Å². The first kappa shape index (κ1) is 68.3. The highest BCUT2D eigenvalue weighted by Crippen LogP contribution is 2.43. The minimum Gasteiger partial charge on any atom is -0.310 e. The maximum absolute atomic E-state index is 5.10. The van der Waals surface area contributed by atoms with Gasteiger partial charge in [0.05, 0.1) is 0 Å². The first-order chi connectivity index (χ1) is 55.4. The van der Waals surface area contributed by atoms with Crippen LogP contribution < -0.4 is 30.5 Å². The molecular formula is C102H70N8SSi. The van der Waals surface area contributed by atoms with Crippen LogP contribution in [0, 0.1) is 0 Å². The Morgan fingerprint density at radius 3 is 0.679 bits per heavy atom. The van der Waals surface area contributed by atoms with Gasteiger partial charge in [0, 0.05) is 77.3 Å². The van der Waals surface area contributed by atoms with Crippen molar-refractivity contribution >= 4 is 74.7 Å². The van der Waals surface area contributed by atoms with Gasteiger partial charge in [-0.05, 0) is 187 Å². The third-order valence-electron chi connectivity index (χ3n) is 20.8. The number of hydrogen-bond donors (Lipinski definition) is 0. The van der Waals surface area contributed by atoms with Crippen LogP contribution in [-0.2, 0) is 0 Å². The summed E-state index contributed by atoms with van der Waals surface area (Å²) in [6.45, 7) is 0. The van der Waals surface area contributed by atoms with E-state index in [9.17, 15) is 0 Å². The molecule has 112 heavy (non-hydrogen) atoms. The van der Waals surface area contributed by atoms with Crippen LogP contribution in [0.3, 0.4) is 0 Å². The fourth-order valence-electron chi connectivity index (χ4n) is 15.5. The van der Waals surface area contributed by atoms with Crippen molar-refractivity contribution in [2.45, 2.75) is 9.79 Å². The van der Waals surface area contributed by atoms with Crippen molar-refractivity contribution in [3.8, 4) is 113 Å². The molecule has 0 saturated carbocycles. The average molecular weight is 1470 g/mol. The van der Waals surface area contributed by atoms with Crippen LogP contribution in [0.15, 0.2) is 434 Å². The predicted molar refractivity (Wildman–Crippen MR) is 465 cm³/mol.